The van der Waals surface area contributed by atoms with Crippen LogP contribution in [0.1, 0.15) is 355 Å². The van der Waals surface area contributed by atoms with E-state index in [4.69, 9.17) is 14.2 Å². The molecular formula is C65H122O6. The zero-order valence-electron chi connectivity index (χ0n) is 48.0. The van der Waals surface area contributed by atoms with E-state index in [0.717, 1.165) is 77.0 Å². The number of carbonyl (C=O) groups excluding carboxylic acids is 3. The minimum Gasteiger partial charge on any atom is -0.462 e. The van der Waals surface area contributed by atoms with Crippen LogP contribution in [0.5, 0.6) is 0 Å². The molecule has 0 spiro atoms. The first-order valence-electron chi connectivity index (χ1n) is 31.8. The molecule has 0 aliphatic heterocycles. The first-order chi connectivity index (χ1) is 35.0. The maximum atomic E-state index is 12.8. The Hall–Kier alpha value is -2.11. The smallest absolute Gasteiger partial charge is 0.306 e. The molecule has 0 radical (unpaired) electrons. The summed E-state index contributed by atoms with van der Waals surface area (Å²) < 4.78 is 16.8. The van der Waals surface area contributed by atoms with Crippen LogP contribution >= 0.6 is 0 Å². The number of esters is 3. The van der Waals surface area contributed by atoms with E-state index in [0.29, 0.717) is 19.3 Å². The van der Waals surface area contributed by atoms with Crippen LogP contribution in [-0.2, 0) is 28.6 Å². The molecule has 0 saturated heterocycles. The van der Waals surface area contributed by atoms with Gasteiger partial charge in [-0.05, 0) is 51.4 Å². The molecule has 1 unspecified atom stereocenters. The monoisotopic (exact) mass is 999 g/mol. The van der Waals surface area contributed by atoms with E-state index in [-0.39, 0.29) is 31.1 Å². The molecule has 6 heteroatoms. The third-order valence-corrected chi connectivity index (χ3v) is 14.5. The highest BCUT2D eigenvalue weighted by molar-refractivity contribution is 5.71. The predicted octanol–water partition coefficient (Wildman–Crippen LogP) is 21.4. The van der Waals surface area contributed by atoms with Gasteiger partial charge in [0, 0.05) is 19.3 Å². The maximum absolute atomic E-state index is 12.8. The number of unbranched alkanes of at least 4 members (excludes halogenated alkanes) is 44. The summed E-state index contributed by atoms with van der Waals surface area (Å²) >= 11 is 0. The van der Waals surface area contributed by atoms with Crippen molar-refractivity contribution in [3.8, 4) is 0 Å². The van der Waals surface area contributed by atoms with Crippen molar-refractivity contribution in [3.63, 3.8) is 0 Å². The standard InChI is InChI=1S/C65H122O6/c1-4-7-10-13-16-18-20-22-24-26-27-28-29-30-31-32-33-34-35-36-37-38-39-41-42-44-46-49-52-55-58-64(67)70-61-62(60-69-63(66)57-54-51-48-15-12-9-6-3)71-65(68)59-56-53-50-47-45-43-40-25-23-21-19-17-14-11-8-5-2/h19,21,25,40,62H,4-18,20,22-24,26-39,41-61H2,1-3H3/b21-19-,40-25-. The van der Waals surface area contributed by atoms with Crippen molar-refractivity contribution in [2.45, 2.75) is 361 Å². The lowest BCUT2D eigenvalue weighted by atomic mass is 10.0. The van der Waals surface area contributed by atoms with E-state index in [1.54, 1.807) is 0 Å². The highest BCUT2D eigenvalue weighted by atomic mass is 16.6. The first kappa shape index (κ1) is 68.9. The van der Waals surface area contributed by atoms with Gasteiger partial charge in [-0.25, -0.2) is 0 Å². The molecule has 0 aliphatic rings. The topological polar surface area (TPSA) is 78.9 Å². The lowest BCUT2D eigenvalue weighted by molar-refractivity contribution is -0.167. The molecule has 6 nitrogen and oxygen atoms in total. The molecule has 0 aromatic rings. The van der Waals surface area contributed by atoms with E-state index < -0.39 is 6.10 Å². The zero-order valence-corrected chi connectivity index (χ0v) is 48.0. The summed E-state index contributed by atoms with van der Waals surface area (Å²) in [6.45, 7) is 6.62. The molecule has 0 aromatic carbocycles. The summed E-state index contributed by atoms with van der Waals surface area (Å²) in [7, 11) is 0. The van der Waals surface area contributed by atoms with E-state index in [2.05, 4.69) is 45.1 Å². The average Bonchev–Trinajstić information content (AvgIpc) is 3.37. The van der Waals surface area contributed by atoms with E-state index >= 15 is 0 Å². The minimum absolute atomic E-state index is 0.0723. The van der Waals surface area contributed by atoms with Crippen LogP contribution in [0.4, 0.5) is 0 Å². The fourth-order valence-corrected chi connectivity index (χ4v) is 9.65. The Morgan fingerprint density at radius 3 is 0.789 bits per heavy atom. The van der Waals surface area contributed by atoms with Gasteiger partial charge in [-0.3, -0.25) is 14.4 Å². The van der Waals surface area contributed by atoms with Gasteiger partial charge >= 0.3 is 17.9 Å². The van der Waals surface area contributed by atoms with Crippen molar-refractivity contribution in [1.29, 1.82) is 0 Å². The van der Waals surface area contributed by atoms with Crippen molar-refractivity contribution < 1.29 is 28.6 Å². The van der Waals surface area contributed by atoms with Gasteiger partial charge in [0.05, 0.1) is 0 Å². The molecule has 0 fully saturated rings. The largest absolute Gasteiger partial charge is 0.462 e. The number of hydrogen-bond acceptors (Lipinski definition) is 6. The van der Waals surface area contributed by atoms with Gasteiger partial charge in [0.2, 0.25) is 0 Å². The average molecular weight is 1000 g/mol. The molecule has 0 heterocycles. The number of ether oxygens (including phenoxy) is 3. The Morgan fingerprint density at radius 2 is 0.507 bits per heavy atom. The molecular weight excluding hydrogens is 877 g/mol. The van der Waals surface area contributed by atoms with Gasteiger partial charge in [0.15, 0.2) is 6.10 Å². The third-order valence-electron chi connectivity index (χ3n) is 14.5. The molecule has 1 atom stereocenters. The lowest BCUT2D eigenvalue weighted by Crippen LogP contribution is -2.30. The number of carbonyl (C=O) groups is 3. The highest BCUT2D eigenvalue weighted by Gasteiger charge is 2.19. The molecule has 418 valence electrons. The molecule has 71 heavy (non-hydrogen) atoms. The molecule has 0 bridgehead atoms. The van der Waals surface area contributed by atoms with Gasteiger partial charge in [0.25, 0.3) is 0 Å². The number of allylic oxidation sites excluding steroid dienone is 4. The fourth-order valence-electron chi connectivity index (χ4n) is 9.65. The predicted molar refractivity (Wildman–Crippen MR) is 307 cm³/mol. The van der Waals surface area contributed by atoms with Crippen LogP contribution in [0.25, 0.3) is 0 Å². The normalized spacial score (nSPS) is 12.1. The zero-order chi connectivity index (χ0) is 51.4. The van der Waals surface area contributed by atoms with Gasteiger partial charge in [0.1, 0.15) is 13.2 Å². The van der Waals surface area contributed by atoms with E-state index in [1.807, 2.05) is 0 Å². The van der Waals surface area contributed by atoms with Crippen LogP contribution in [0.3, 0.4) is 0 Å². The van der Waals surface area contributed by atoms with Gasteiger partial charge in [-0.2, -0.15) is 0 Å². The summed E-state index contributed by atoms with van der Waals surface area (Å²) in [4.78, 5) is 38.0. The van der Waals surface area contributed by atoms with Crippen molar-refractivity contribution >= 4 is 17.9 Å². The molecule has 0 saturated carbocycles. The van der Waals surface area contributed by atoms with Gasteiger partial charge < -0.3 is 14.2 Å². The van der Waals surface area contributed by atoms with Crippen LogP contribution in [-0.4, -0.2) is 37.2 Å². The Bertz CT molecular complexity index is 1150. The Labute approximate surface area is 443 Å². The molecule has 0 amide bonds. The second-order valence-electron chi connectivity index (χ2n) is 21.7. The maximum Gasteiger partial charge on any atom is 0.306 e. The molecule has 0 N–H and O–H groups in total. The number of rotatable bonds is 59. The molecule has 0 rings (SSSR count). The highest BCUT2D eigenvalue weighted by Crippen LogP contribution is 2.18. The van der Waals surface area contributed by atoms with Crippen LogP contribution < -0.4 is 0 Å². The summed E-state index contributed by atoms with van der Waals surface area (Å²) in [6, 6.07) is 0. The van der Waals surface area contributed by atoms with E-state index in [9.17, 15) is 14.4 Å². The van der Waals surface area contributed by atoms with Crippen LogP contribution in [0.15, 0.2) is 24.3 Å². The fraction of sp³-hybridized carbons (Fsp3) is 0.892. The van der Waals surface area contributed by atoms with Crippen molar-refractivity contribution in [2.75, 3.05) is 13.2 Å². The van der Waals surface area contributed by atoms with Crippen LogP contribution in [0, 0.1) is 0 Å². The van der Waals surface area contributed by atoms with E-state index in [1.165, 1.54) is 238 Å². The summed E-state index contributed by atoms with van der Waals surface area (Å²) in [5, 5.41) is 0. The van der Waals surface area contributed by atoms with Crippen molar-refractivity contribution in [3.05, 3.63) is 24.3 Å². The van der Waals surface area contributed by atoms with Crippen molar-refractivity contribution in [2.24, 2.45) is 0 Å². The second kappa shape index (κ2) is 60.4. The quantitative estimate of drug-likeness (QED) is 0.0261. The lowest BCUT2D eigenvalue weighted by Gasteiger charge is -2.18. The minimum atomic E-state index is -0.773. The van der Waals surface area contributed by atoms with Gasteiger partial charge in [-0.1, -0.05) is 308 Å². The van der Waals surface area contributed by atoms with Crippen LogP contribution in [0.2, 0.25) is 0 Å². The summed E-state index contributed by atoms with van der Waals surface area (Å²) in [6.07, 6.45) is 72.3. The molecule has 0 aromatic heterocycles. The summed E-state index contributed by atoms with van der Waals surface area (Å²) in [5.74, 6) is -0.873. The van der Waals surface area contributed by atoms with Gasteiger partial charge in [-0.15, -0.1) is 0 Å². The Balaban J connectivity index is 3.99. The first-order valence-corrected chi connectivity index (χ1v) is 31.8. The molecule has 0 aliphatic carbocycles. The summed E-state index contributed by atoms with van der Waals surface area (Å²) in [5.41, 5.74) is 0. The SMILES string of the molecule is CCCCCC/C=C\C/C=C\CCCCCCCC(=O)OC(COC(=O)CCCCCCCCC)COC(=O)CCCCCCCCCCCCCCCCCCCCCCCCCCCCCCCC. The second-order valence-corrected chi connectivity index (χ2v) is 21.7. The Morgan fingerprint density at radius 1 is 0.282 bits per heavy atom. The Kier molecular flexibility index (Phi) is 58.6. The van der Waals surface area contributed by atoms with Crippen molar-refractivity contribution in [1.82, 2.24) is 0 Å². The third kappa shape index (κ3) is 58.7. The number of hydrogen-bond donors (Lipinski definition) is 0.